The van der Waals surface area contributed by atoms with Gasteiger partial charge in [0.05, 0.1) is 13.2 Å². The lowest BCUT2D eigenvalue weighted by Crippen LogP contribution is -2.43. The second kappa shape index (κ2) is 6.74. The number of hydrogen-bond acceptors (Lipinski definition) is 3. The Kier molecular flexibility index (Phi) is 5.84. The van der Waals surface area contributed by atoms with E-state index in [1.165, 1.54) is 7.11 Å². The normalized spacial score (nSPS) is 32.1. The monoisotopic (exact) mass is 270 g/mol. The quantitative estimate of drug-likeness (QED) is 0.796. The van der Waals surface area contributed by atoms with Crippen molar-refractivity contribution >= 4 is 5.97 Å². The van der Waals surface area contributed by atoms with E-state index in [0.29, 0.717) is 24.2 Å². The van der Waals surface area contributed by atoms with Crippen LogP contribution in [0.1, 0.15) is 59.8 Å². The lowest BCUT2D eigenvalue weighted by molar-refractivity contribution is -0.141. The van der Waals surface area contributed by atoms with Crippen molar-refractivity contribution in [1.82, 2.24) is 0 Å². The van der Waals surface area contributed by atoms with Gasteiger partial charge in [0.2, 0.25) is 0 Å². The zero-order chi connectivity index (χ0) is 14.6. The first kappa shape index (κ1) is 16.5. The van der Waals surface area contributed by atoms with Crippen LogP contribution in [0.2, 0.25) is 0 Å². The molecule has 0 saturated heterocycles. The van der Waals surface area contributed by atoms with Gasteiger partial charge in [0.25, 0.3) is 0 Å². The molecular formula is C16H30O3. The van der Waals surface area contributed by atoms with E-state index in [-0.39, 0.29) is 17.5 Å². The number of hydrogen-bond donors (Lipinski definition) is 1. The van der Waals surface area contributed by atoms with Gasteiger partial charge in [-0.15, -0.1) is 0 Å². The fourth-order valence-corrected chi connectivity index (χ4v) is 3.42. The Labute approximate surface area is 117 Å². The summed E-state index contributed by atoms with van der Waals surface area (Å²) >= 11 is 0. The summed E-state index contributed by atoms with van der Waals surface area (Å²) in [7, 11) is 1.44. The highest BCUT2D eigenvalue weighted by atomic mass is 16.5. The first-order valence-corrected chi connectivity index (χ1v) is 7.54. The number of carbonyl (C=O) groups excluding carboxylic acids is 1. The molecule has 4 atom stereocenters. The van der Waals surface area contributed by atoms with E-state index in [9.17, 15) is 9.90 Å². The number of aliphatic hydroxyl groups excluding tert-OH is 1. The smallest absolute Gasteiger partial charge is 0.305 e. The maximum atomic E-state index is 11.3. The van der Waals surface area contributed by atoms with Crippen molar-refractivity contribution in [3.05, 3.63) is 0 Å². The van der Waals surface area contributed by atoms with E-state index in [1.54, 1.807) is 0 Å². The number of carbonyl (C=O) groups is 1. The summed E-state index contributed by atoms with van der Waals surface area (Å²) < 4.78 is 4.72. The Hall–Kier alpha value is -0.570. The molecule has 1 rings (SSSR count). The second-order valence-electron chi connectivity index (χ2n) is 7.08. The fourth-order valence-electron chi connectivity index (χ4n) is 3.42. The molecule has 19 heavy (non-hydrogen) atoms. The molecule has 0 aromatic heterocycles. The van der Waals surface area contributed by atoms with Crippen molar-refractivity contribution in [3.8, 4) is 0 Å². The second-order valence-corrected chi connectivity index (χ2v) is 7.08. The first-order valence-electron chi connectivity index (χ1n) is 7.54. The van der Waals surface area contributed by atoms with Crippen LogP contribution in [0.15, 0.2) is 0 Å². The third-order valence-electron chi connectivity index (χ3n) is 4.74. The number of methoxy groups -OCH3 is 1. The molecule has 1 aliphatic rings. The third kappa shape index (κ3) is 4.48. The van der Waals surface area contributed by atoms with Gasteiger partial charge < -0.3 is 9.84 Å². The topological polar surface area (TPSA) is 46.5 Å². The molecule has 112 valence electrons. The van der Waals surface area contributed by atoms with Gasteiger partial charge in [-0.2, -0.15) is 0 Å². The Morgan fingerprint density at radius 3 is 2.42 bits per heavy atom. The Balaban J connectivity index is 2.67. The molecule has 0 aliphatic heterocycles. The summed E-state index contributed by atoms with van der Waals surface area (Å²) in [5.41, 5.74) is 0.122. The molecule has 0 bridgehead atoms. The highest BCUT2D eigenvalue weighted by Crippen LogP contribution is 2.45. The minimum atomic E-state index is -0.195. The van der Waals surface area contributed by atoms with Gasteiger partial charge in [-0.3, -0.25) is 4.79 Å². The van der Waals surface area contributed by atoms with Crippen LogP contribution in [-0.4, -0.2) is 24.3 Å². The van der Waals surface area contributed by atoms with Crippen LogP contribution in [0, 0.1) is 23.2 Å². The van der Waals surface area contributed by atoms with E-state index in [2.05, 4.69) is 27.7 Å². The molecule has 0 aromatic carbocycles. The van der Waals surface area contributed by atoms with E-state index in [1.807, 2.05) is 0 Å². The van der Waals surface area contributed by atoms with Crippen molar-refractivity contribution in [1.29, 1.82) is 0 Å². The standard InChI is InChI=1S/C16H30O3/c1-6-12-9-11(7-8-14(17)19-5)10-13(15(12)18)16(2,3)4/h11-13,15,18H,6-10H2,1-5H3. The highest BCUT2D eigenvalue weighted by Gasteiger charge is 2.41. The van der Waals surface area contributed by atoms with Gasteiger partial charge in [-0.05, 0) is 42.4 Å². The summed E-state index contributed by atoms with van der Waals surface area (Å²) in [6.07, 6.45) is 4.29. The zero-order valence-electron chi connectivity index (χ0n) is 13.1. The predicted octanol–water partition coefficient (Wildman–Crippen LogP) is 3.40. The van der Waals surface area contributed by atoms with E-state index >= 15 is 0 Å². The molecule has 0 radical (unpaired) electrons. The maximum absolute atomic E-state index is 11.3. The fraction of sp³-hybridized carbons (Fsp3) is 0.938. The Bertz CT molecular complexity index is 293. The van der Waals surface area contributed by atoms with Gasteiger partial charge in [-0.25, -0.2) is 0 Å². The average molecular weight is 270 g/mol. The Morgan fingerprint density at radius 1 is 1.32 bits per heavy atom. The van der Waals surface area contributed by atoms with Crippen molar-refractivity contribution in [2.45, 2.75) is 65.9 Å². The van der Waals surface area contributed by atoms with Crippen LogP contribution in [0.5, 0.6) is 0 Å². The molecule has 0 aromatic rings. The lowest BCUT2D eigenvalue weighted by atomic mass is 9.63. The zero-order valence-corrected chi connectivity index (χ0v) is 13.1. The van der Waals surface area contributed by atoms with Crippen LogP contribution >= 0.6 is 0 Å². The molecule has 1 N–H and O–H groups in total. The van der Waals surface area contributed by atoms with Gasteiger partial charge in [0.1, 0.15) is 0 Å². The van der Waals surface area contributed by atoms with Gasteiger partial charge in [0, 0.05) is 6.42 Å². The van der Waals surface area contributed by atoms with Gasteiger partial charge in [-0.1, -0.05) is 34.1 Å². The molecule has 1 aliphatic carbocycles. The van der Waals surface area contributed by atoms with Crippen molar-refractivity contribution < 1.29 is 14.6 Å². The molecule has 4 unspecified atom stereocenters. The van der Waals surface area contributed by atoms with Crippen molar-refractivity contribution in [2.75, 3.05) is 7.11 Å². The number of aliphatic hydroxyl groups is 1. The SMILES string of the molecule is CCC1CC(CCC(=O)OC)CC(C(C)(C)C)C1O. The van der Waals surface area contributed by atoms with E-state index < -0.39 is 0 Å². The van der Waals surface area contributed by atoms with Gasteiger partial charge in [0.15, 0.2) is 0 Å². The molecule has 1 saturated carbocycles. The van der Waals surface area contributed by atoms with E-state index in [4.69, 9.17) is 4.74 Å². The van der Waals surface area contributed by atoms with Crippen LogP contribution in [0.25, 0.3) is 0 Å². The summed E-state index contributed by atoms with van der Waals surface area (Å²) in [6, 6.07) is 0. The average Bonchev–Trinajstić information content (AvgIpc) is 2.35. The molecule has 3 heteroatoms. The lowest BCUT2D eigenvalue weighted by Gasteiger charge is -2.45. The summed E-state index contributed by atoms with van der Waals surface area (Å²) in [4.78, 5) is 11.3. The summed E-state index contributed by atoms with van der Waals surface area (Å²) in [6.45, 7) is 8.76. The van der Waals surface area contributed by atoms with Crippen LogP contribution in [0.3, 0.4) is 0 Å². The van der Waals surface area contributed by atoms with Crippen LogP contribution < -0.4 is 0 Å². The largest absolute Gasteiger partial charge is 0.469 e. The third-order valence-corrected chi connectivity index (χ3v) is 4.74. The van der Waals surface area contributed by atoms with Crippen molar-refractivity contribution in [2.24, 2.45) is 23.2 Å². The summed E-state index contributed by atoms with van der Waals surface area (Å²) in [5.74, 6) is 1.12. The van der Waals surface area contributed by atoms with E-state index in [0.717, 1.165) is 25.7 Å². The Morgan fingerprint density at radius 2 is 1.95 bits per heavy atom. The maximum Gasteiger partial charge on any atom is 0.305 e. The van der Waals surface area contributed by atoms with Crippen LogP contribution in [0.4, 0.5) is 0 Å². The molecule has 0 heterocycles. The minimum Gasteiger partial charge on any atom is -0.469 e. The highest BCUT2D eigenvalue weighted by molar-refractivity contribution is 5.69. The first-order chi connectivity index (χ1) is 8.79. The minimum absolute atomic E-state index is 0.119. The molecule has 1 fully saturated rings. The van der Waals surface area contributed by atoms with Gasteiger partial charge >= 0.3 is 5.97 Å². The number of esters is 1. The number of rotatable bonds is 4. The molecule has 3 nitrogen and oxygen atoms in total. The van der Waals surface area contributed by atoms with Crippen molar-refractivity contribution in [3.63, 3.8) is 0 Å². The summed E-state index contributed by atoms with van der Waals surface area (Å²) in [5, 5.41) is 10.5. The molecule has 0 amide bonds. The predicted molar refractivity (Wildman–Crippen MR) is 76.7 cm³/mol. The molecule has 0 spiro atoms. The number of ether oxygens (including phenoxy) is 1. The van der Waals surface area contributed by atoms with Crippen LogP contribution in [-0.2, 0) is 9.53 Å². The molecular weight excluding hydrogens is 240 g/mol.